The SMILES string of the molecule is [N-]=[N+]=Nc1ccc(Oc2ccc(C(=O)O)cc2)cc1. The number of ether oxygens (including phenoxy) is 1. The van der Waals surface area contributed by atoms with Crippen LogP contribution in [0, 0.1) is 0 Å². The van der Waals surface area contributed by atoms with E-state index >= 15 is 0 Å². The van der Waals surface area contributed by atoms with Gasteiger partial charge >= 0.3 is 5.97 Å². The Balaban J connectivity index is 2.12. The fourth-order valence-electron chi connectivity index (χ4n) is 1.43. The topological polar surface area (TPSA) is 95.3 Å². The van der Waals surface area contributed by atoms with Crippen molar-refractivity contribution in [2.75, 3.05) is 0 Å². The Morgan fingerprint density at radius 3 is 2.05 bits per heavy atom. The molecule has 2 aromatic carbocycles. The molecule has 19 heavy (non-hydrogen) atoms. The highest BCUT2D eigenvalue weighted by atomic mass is 16.5. The molecule has 0 amide bonds. The zero-order chi connectivity index (χ0) is 13.7. The molecule has 1 N–H and O–H groups in total. The number of carboxylic acid groups (broad SMARTS) is 1. The smallest absolute Gasteiger partial charge is 0.335 e. The predicted octanol–water partition coefficient (Wildman–Crippen LogP) is 4.12. The number of azide groups is 1. The highest BCUT2D eigenvalue weighted by molar-refractivity contribution is 5.87. The average Bonchev–Trinajstić information content (AvgIpc) is 2.42. The Bertz CT molecular complexity index is 586. The predicted molar refractivity (Wildman–Crippen MR) is 68.7 cm³/mol. The highest BCUT2D eigenvalue weighted by Gasteiger charge is 2.02. The summed E-state index contributed by atoms with van der Waals surface area (Å²) in [4.78, 5) is 13.4. The summed E-state index contributed by atoms with van der Waals surface area (Å²) >= 11 is 0. The van der Waals surface area contributed by atoms with E-state index in [1.807, 2.05) is 0 Å². The lowest BCUT2D eigenvalue weighted by Gasteiger charge is -2.05. The largest absolute Gasteiger partial charge is 0.478 e. The molecule has 6 nitrogen and oxygen atoms in total. The van der Waals surface area contributed by atoms with Gasteiger partial charge in [-0.25, -0.2) is 4.79 Å². The number of carbonyl (C=O) groups is 1. The van der Waals surface area contributed by atoms with Crippen molar-refractivity contribution in [3.63, 3.8) is 0 Å². The Morgan fingerprint density at radius 1 is 1.05 bits per heavy atom. The maximum atomic E-state index is 10.7. The van der Waals surface area contributed by atoms with Crippen LogP contribution in [0.3, 0.4) is 0 Å². The van der Waals surface area contributed by atoms with E-state index in [1.165, 1.54) is 12.1 Å². The van der Waals surface area contributed by atoms with E-state index in [0.717, 1.165) is 0 Å². The fourth-order valence-corrected chi connectivity index (χ4v) is 1.43. The van der Waals surface area contributed by atoms with Crippen LogP contribution < -0.4 is 4.74 Å². The lowest BCUT2D eigenvalue weighted by Crippen LogP contribution is -1.95. The highest BCUT2D eigenvalue weighted by Crippen LogP contribution is 2.24. The maximum absolute atomic E-state index is 10.7. The van der Waals surface area contributed by atoms with Crippen molar-refractivity contribution in [3.05, 3.63) is 64.5 Å². The van der Waals surface area contributed by atoms with E-state index in [9.17, 15) is 4.79 Å². The summed E-state index contributed by atoms with van der Waals surface area (Å²) in [6.07, 6.45) is 0. The number of benzene rings is 2. The standard InChI is InChI=1S/C13H9N3O3/c14-16-15-10-3-7-12(8-4-10)19-11-5-1-9(2-6-11)13(17)18/h1-8H,(H,17,18). The van der Waals surface area contributed by atoms with Gasteiger partial charge in [0.25, 0.3) is 0 Å². The van der Waals surface area contributed by atoms with Crippen LogP contribution in [0.15, 0.2) is 53.6 Å². The van der Waals surface area contributed by atoms with E-state index in [0.29, 0.717) is 17.2 Å². The number of hydrogen-bond acceptors (Lipinski definition) is 3. The first-order chi connectivity index (χ1) is 9.19. The Labute approximate surface area is 108 Å². The second kappa shape index (κ2) is 5.57. The number of aromatic carboxylic acids is 1. The molecule has 0 aliphatic heterocycles. The van der Waals surface area contributed by atoms with Crippen molar-refractivity contribution in [3.8, 4) is 11.5 Å². The molecule has 2 aromatic rings. The quantitative estimate of drug-likeness (QED) is 0.505. The lowest BCUT2D eigenvalue weighted by molar-refractivity contribution is 0.0697. The van der Waals surface area contributed by atoms with Crippen LogP contribution in [0.5, 0.6) is 11.5 Å². The van der Waals surface area contributed by atoms with Gasteiger partial charge in [0.05, 0.1) is 5.56 Å². The summed E-state index contributed by atoms with van der Waals surface area (Å²) in [5.41, 5.74) is 8.97. The van der Waals surface area contributed by atoms with Gasteiger partial charge in [0.1, 0.15) is 11.5 Å². The Kier molecular flexibility index (Phi) is 3.66. The van der Waals surface area contributed by atoms with Crippen molar-refractivity contribution in [2.24, 2.45) is 5.11 Å². The molecular formula is C13H9N3O3. The molecule has 0 spiro atoms. The second-order valence-electron chi connectivity index (χ2n) is 3.61. The van der Waals surface area contributed by atoms with Crippen LogP contribution in [0.4, 0.5) is 5.69 Å². The average molecular weight is 255 g/mol. The Morgan fingerprint density at radius 2 is 1.58 bits per heavy atom. The third-order valence-electron chi connectivity index (χ3n) is 2.33. The first-order valence-corrected chi connectivity index (χ1v) is 5.35. The third kappa shape index (κ3) is 3.24. The first-order valence-electron chi connectivity index (χ1n) is 5.35. The summed E-state index contributed by atoms with van der Waals surface area (Å²) in [5, 5.41) is 12.2. The molecule has 94 valence electrons. The molecule has 0 bridgehead atoms. The van der Waals surface area contributed by atoms with Gasteiger partial charge in [-0.05, 0) is 54.1 Å². The van der Waals surface area contributed by atoms with Crippen molar-refractivity contribution >= 4 is 11.7 Å². The molecule has 0 saturated heterocycles. The van der Waals surface area contributed by atoms with Crippen LogP contribution >= 0.6 is 0 Å². The first kappa shape index (κ1) is 12.5. The number of rotatable bonds is 4. The molecule has 2 rings (SSSR count). The van der Waals surface area contributed by atoms with E-state index in [-0.39, 0.29) is 5.56 Å². The minimum Gasteiger partial charge on any atom is -0.478 e. The minimum atomic E-state index is -0.981. The molecule has 0 unspecified atom stereocenters. The van der Waals surface area contributed by atoms with Gasteiger partial charge in [-0.15, -0.1) is 0 Å². The van der Waals surface area contributed by atoms with Gasteiger partial charge in [0.2, 0.25) is 0 Å². The second-order valence-corrected chi connectivity index (χ2v) is 3.61. The molecule has 0 fully saturated rings. The normalized spacial score (nSPS) is 9.47. The number of nitrogens with zero attached hydrogens (tertiary/aromatic N) is 3. The monoisotopic (exact) mass is 255 g/mol. The molecule has 0 aromatic heterocycles. The van der Waals surface area contributed by atoms with Crippen LogP contribution in [-0.4, -0.2) is 11.1 Å². The lowest BCUT2D eigenvalue weighted by atomic mass is 10.2. The number of carboxylic acids is 1. The molecule has 6 heteroatoms. The summed E-state index contributed by atoms with van der Waals surface area (Å²) in [6.45, 7) is 0. The van der Waals surface area contributed by atoms with Gasteiger partial charge in [-0.3, -0.25) is 0 Å². The fraction of sp³-hybridized carbons (Fsp3) is 0. The van der Waals surface area contributed by atoms with Crippen molar-refractivity contribution in [1.29, 1.82) is 0 Å². The van der Waals surface area contributed by atoms with Crippen LogP contribution in [0.1, 0.15) is 10.4 Å². The van der Waals surface area contributed by atoms with Crippen LogP contribution in [0.2, 0.25) is 0 Å². The van der Waals surface area contributed by atoms with Gasteiger partial charge in [0, 0.05) is 10.6 Å². The van der Waals surface area contributed by atoms with E-state index in [1.54, 1.807) is 36.4 Å². The Hall–Kier alpha value is -2.98. The minimum absolute atomic E-state index is 0.200. The molecule has 0 heterocycles. The molecule has 0 aliphatic carbocycles. The van der Waals surface area contributed by atoms with Gasteiger partial charge < -0.3 is 9.84 Å². The van der Waals surface area contributed by atoms with Gasteiger partial charge in [0.15, 0.2) is 0 Å². The van der Waals surface area contributed by atoms with Crippen LogP contribution in [-0.2, 0) is 0 Å². The summed E-state index contributed by atoms with van der Waals surface area (Å²) in [5.74, 6) is 0.117. The summed E-state index contributed by atoms with van der Waals surface area (Å²) < 4.78 is 5.52. The summed E-state index contributed by atoms with van der Waals surface area (Å²) in [7, 11) is 0. The zero-order valence-electron chi connectivity index (χ0n) is 9.72. The van der Waals surface area contributed by atoms with Crippen molar-refractivity contribution in [2.45, 2.75) is 0 Å². The third-order valence-corrected chi connectivity index (χ3v) is 2.33. The molecule has 0 atom stereocenters. The zero-order valence-corrected chi connectivity index (χ0v) is 9.72. The molecule has 0 radical (unpaired) electrons. The maximum Gasteiger partial charge on any atom is 0.335 e. The van der Waals surface area contributed by atoms with Crippen molar-refractivity contribution in [1.82, 2.24) is 0 Å². The number of hydrogen-bond donors (Lipinski definition) is 1. The van der Waals surface area contributed by atoms with E-state index < -0.39 is 5.97 Å². The molecular weight excluding hydrogens is 246 g/mol. The molecule has 0 aliphatic rings. The van der Waals surface area contributed by atoms with E-state index in [4.69, 9.17) is 15.4 Å². The van der Waals surface area contributed by atoms with Gasteiger partial charge in [-0.1, -0.05) is 5.11 Å². The van der Waals surface area contributed by atoms with Crippen LogP contribution in [0.25, 0.3) is 10.4 Å². The summed E-state index contributed by atoms with van der Waals surface area (Å²) in [6, 6.07) is 12.7. The van der Waals surface area contributed by atoms with Gasteiger partial charge in [-0.2, -0.15) is 0 Å². The van der Waals surface area contributed by atoms with E-state index in [2.05, 4.69) is 10.0 Å². The molecule has 0 saturated carbocycles. The van der Waals surface area contributed by atoms with Crippen molar-refractivity contribution < 1.29 is 14.6 Å².